The highest BCUT2D eigenvalue weighted by Crippen LogP contribution is 2.07. The van der Waals surface area contributed by atoms with Gasteiger partial charge in [-0.1, -0.05) is 20.8 Å². The molecule has 5 nitrogen and oxygen atoms in total. The summed E-state index contributed by atoms with van der Waals surface area (Å²) in [5.74, 6) is 1.65. The minimum absolute atomic E-state index is 0.467. The molecule has 0 amide bonds. The van der Waals surface area contributed by atoms with Crippen LogP contribution in [0.15, 0.2) is 23.1 Å². The highest BCUT2D eigenvalue weighted by Gasteiger charge is 2.05. The summed E-state index contributed by atoms with van der Waals surface area (Å²) in [6.45, 7) is 7.72. The van der Waals surface area contributed by atoms with Crippen LogP contribution in [0.5, 0.6) is 0 Å². The van der Waals surface area contributed by atoms with Gasteiger partial charge in [-0.15, -0.1) is 0 Å². The average molecular weight is 248 g/mol. The van der Waals surface area contributed by atoms with E-state index in [0.717, 1.165) is 30.3 Å². The van der Waals surface area contributed by atoms with Crippen molar-refractivity contribution in [3.63, 3.8) is 0 Å². The quantitative estimate of drug-likeness (QED) is 0.849. The second-order valence-electron chi connectivity index (χ2n) is 4.65. The number of aromatic nitrogens is 3. The molecule has 0 spiro atoms. The minimum atomic E-state index is 0.467. The molecular weight excluding hydrogens is 228 g/mol. The Bertz CT molecular complexity index is 487. The highest BCUT2D eigenvalue weighted by molar-refractivity contribution is 4.99. The van der Waals surface area contributed by atoms with Gasteiger partial charge in [0.05, 0.1) is 18.2 Å². The lowest BCUT2D eigenvalue weighted by atomic mass is 10.3. The Labute approximate surface area is 107 Å². The van der Waals surface area contributed by atoms with Gasteiger partial charge in [0, 0.05) is 25.2 Å². The summed E-state index contributed by atoms with van der Waals surface area (Å²) in [6.07, 6.45) is 6.49. The average Bonchev–Trinajstić information content (AvgIpc) is 2.96. The van der Waals surface area contributed by atoms with E-state index >= 15 is 0 Å². The van der Waals surface area contributed by atoms with Gasteiger partial charge in [-0.2, -0.15) is 0 Å². The fourth-order valence-electron chi connectivity index (χ4n) is 1.63. The van der Waals surface area contributed by atoms with Crippen molar-refractivity contribution in [1.29, 1.82) is 0 Å². The molecule has 0 bridgehead atoms. The maximum atomic E-state index is 5.57. The minimum Gasteiger partial charge on any atom is -0.444 e. The summed E-state index contributed by atoms with van der Waals surface area (Å²) >= 11 is 0. The fraction of sp³-hybridized carbons (Fsp3) is 0.538. The SMILES string of the molecule is CCc1cnc(Cn2cnc(CNC(C)C)c2)o1. The third-order valence-electron chi connectivity index (χ3n) is 2.65. The van der Waals surface area contributed by atoms with Crippen molar-refractivity contribution in [2.24, 2.45) is 0 Å². The molecule has 0 aliphatic rings. The maximum Gasteiger partial charge on any atom is 0.214 e. The van der Waals surface area contributed by atoms with Crippen LogP contribution in [-0.4, -0.2) is 20.6 Å². The van der Waals surface area contributed by atoms with Gasteiger partial charge in [0.25, 0.3) is 0 Å². The van der Waals surface area contributed by atoms with E-state index in [4.69, 9.17) is 4.42 Å². The van der Waals surface area contributed by atoms with E-state index in [1.165, 1.54) is 0 Å². The van der Waals surface area contributed by atoms with Gasteiger partial charge in [0.15, 0.2) is 0 Å². The third-order valence-corrected chi connectivity index (χ3v) is 2.65. The van der Waals surface area contributed by atoms with Gasteiger partial charge in [-0.05, 0) is 0 Å². The molecule has 0 atom stereocenters. The predicted molar refractivity (Wildman–Crippen MR) is 69.2 cm³/mol. The first kappa shape index (κ1) is 12.8. The molecule has 0 unspecified atom stereocenters. The van der Waals surface area contributed by atoms with Gasteiger partial charge < -0.3 is 14.3 Å². The summed E-state index contributed by atoms with van der Waals surface area (Å²) in [4.78, 5) is 8.58. The van der Waals surface area contributed by atoms with Crippen LogP contribution >= 0.6 is 0 Å². The fourth-order valence-corrected chi connectivity index (χ4v) is 1.63. The van der Waals surface area contributed by atoms with E-state index < -0.39 is 0 Å². The molecule has 0 saturated carbocycles. The Morgan fingerprint density at radius 1 is 1.39 bits per heavy atom. The number of hydrogen-bond acceptors (Lipinski definition) is 4. The van der Waals surface area contributed by atoms with Crippen molar-refractivity contribution in [2.75, 3.05) is 0 Å². The Morgan fingerprint density at radius 2 is 2.22 bits per heavy atom. The lowest BCUT2D eigenvalue weighted by molar-refractivity contribution is 0.446. The monoisotopic (exact) mass is 248 g/mol. The van der Waals surface area contributed by atoms with Gasteiger partial charge in [-0.3, -0.25) is 0 Å². The summed E-state index contributed by atoms with van der Waals surface area (Å²) < 4.78 is 7.56. The van der Waals surface area contributed by atoms with E-state index in [0.29, 0.717) is 12.6 Å². The van der Waals surface area contributed by atoms with E-state index in [9.17, 15) is 0 Å². The smallest absolute Gasteiger partial charge is 0.214 e. The van der Waals surface area contributed by atoms with Gasteiger partial charge >= 0.3 is 0 Å². The molecule has 0 radical (unpaired) electrons. The standard InChI is InChI=1S/C13H20N4O/c1-4-12-6-15-13(18-12)8-17-7-11(16-9-17)5-14-10(2)3/h6-7,9-10,14H,4-5,8H2,1-3H3. The van der Waals surface area contributed by atoms with Crippen molar-refractivity contribution in [3.8, 4) is 0 Å². The van der Waals surface area contributed by atoms with Crippen LogP contribution in [0.2, 0.25) is 0 Å². The van der Waals surface area contributed by atoms with Crippen LogP contribution in [0.1, 0.15) is 38.1 Å². The Hall–Kier alpha value is -1.62. The summed E-state index contributed by atoms with van der Waals surface area (Å²) in [7, 11) is 0. The molecule has 98 valence electrons. The molecule has 2 rings (SSSR count). The molecule has 18 heavy (non-hydrogen) atoms. The molecule has 0 saturated heterocycles. The maximum absolute atomic E-state index is 5.57. The molecule has 0 fully saturated rings. The molecule has 0 aromatic carbocycles. The summed E-state index contributed by atoms with van der Waals surface area (Å²) in [6, 6.07) is 0.467. The lowest BCUT2D eigenvalue weighted by Gasteiger charge is -2.04. The first-order valence-corrected chi connectivity index (χ1v) is 6.35. The third kappa shape index (κ3) is 3.43. The molecular formula is C13H20N4O. The Balaban J connectivity index is 1.93. The number of imidazole rings is 1. The second-order valence-corrected chi connectivity index (χ2v) is 4.65. The predicted octanol–water partition coefficient (Wildman–Crippen LogP) is 1.98. The van der Waals surface area contributed by atoms with E-state index in [1.807, 2.05) is 17.1 Å². The van der Waals surface area contributed by atoms with Crippen molar-refractivity contribution in [1.82, 2.24) is 19.9 Å². The zero-order valence-corrected chi connectivity index (χ0v) is 11.2. The number of nitrogens with one attached hydrogen (secondary N) is 1. The van der Waals surface area contributed by atoms with E-state index in [-0.39, 0.29) is 0 Å². The topological polar surface area (TPSA) is 55.9 Å². The zero-order chi connectivity index (χ0) is 13.0. The van der Waals surface area contributed by atoms with E-state index in [1.54, 1.807) is 6.20 Å². The van der Waals surface area contributed by atoms with Crippen LogP contribution in [0.3, 0.4) is 0 Å². The number of aryl methyl sites for hydroxylation is 1. The summed E-state index contributed by atoms with van der Waals surface area (Å²) in [5.41, 5.74) is 1.03. The van der Waals surface area contributed by atoms with Gasteiger partial charge in [-0.25, -0.2) is 9.97 Å². The van der Waals surface area contributed by atoms with Crippen LogP contribution in [0.25, 0.3) is 0 Å². The second kappa shape index (κ2) is 5.82. The number of oxazole rings is 1. The van der Waals surface area contributed by atoms with Crippen molar-refractivity contribution >= 4 is 0 Å². The molecule has 2 heterocycles. The zero-order valence-electron chi connectivity index (χ0n) is 11.2. The van der Waals surface area contributed by atoms with Crippen LogP contribution < -0.4 is 5.32 Å². The molecule has 5 heteroatoms. The Kier molecular flexibility index (Phi) is 4.15. The molecule has 0 aliphatic heterocycles. The van der Waals surface area contributed by atoms with Crippen molar-refractivity contribution in [2.45, 2.75) is 46.3 Å². The largest absolute Gasteiger partial charge is 0.444 e. The van der Waals surface area contributed by atoms with Crippen LogP contribution in [0.4, 0.5) is 0 Å². The molecule has 1 N–H and O–H groups in total. The first-order valence-electron chi connectivity index (χ1n) is 6.35. The van der Waals surface area contributed by atoms with Gasteiger partial charge in [0.1, 0.15) is 12.3 Å². The Morgan fingerprint density at radius 3 is 2.89 bits per heavy atom. The highest BCUT2D eigenvalue weighted by atomic mass is 16.4. The van der Waals surface area contributed by atoms with E-state index in [2.05, 4.69) is 36.1 Å². The molecule has 0 aliphatic carbocycles. The number of nitrogens with zero attached hydrogens (tertiary/aromatic N) is 3. The number of rotatable bonds is 6. The molecule has 2 aromatic rings. The van der Waals surface area contributed by atoms with Gasteiger partial charge in [0.2, 0.25) is 5.89 Å². The first-order chi connectivity index (χ1) is 8.67. The lowest BCUT2D eigenvalue weighted by Crippen LogP contribution is -2.21. The van der Waals surface area contributed by atoms with Crippen LogP contribution in [0, 0.1) is 0 Å². The number of hydrogen-bond donors (Lipinski definition) is 1. The molecule has 2 aromatic heterocycles. The van der Waals surface area contributed by atoms with Crippen molar-refractivity contribution < 1.29 is 4.42 Å². The van der Waals surface area contributed by atoms with Crippen molar-refractivity contribution in [3.05, 3.63) is 36.1 Å². The normalized spacial score (nSPS) is 11.3. The summed E-state index contributed by atoms with van der Waals surface area (Å²) in [5, 5.41) is 3.34. The van der Waals surface area contributed by atoms with Crippen LogP contribution in [-0.2, 0) is 19.5 Å².